The van der Waals surface area contributed by atoms with Gasteiger partial charge in [0.2, 0.25) is 5.91 Å². The molecule has 4 aliphatic rings. The summed E-state index contributed by atoms with van der Waals surface area (Å²) in [6.07, 6.45) is 1.92. The summed E-state index contributed by atoms with van der Waals surface area (Å²) in [5.74, 6) is -2.39. The van der Waals surface area contributed by atoms with Gasteiger partial charge in [-0.2, -0.15) is 0 Å². The average molecular weight is 424 g/mol. The lowest BCUT2D eigenvalue weighted by molar-refractivity contribution is -0.892. The van der Waals surface area contributed by atoms with E-state index in [-0.39, 0.29) is 40.8 Å². The number of nitrogens with zero attached hydrogens (tertiary/aromatic N) is 2. The fourth-order valence-electron chi connectivity index (χ4n) is 5.14. The van der Waals surface area contributed by atoms with Crippen LogP contribution < -0.4 is 10.4 Å². The van der Waals surface area contributed by atoms with Gasteiger partial charge in [0.15, 0.2) is 6.04 Å². The lowest BCUT2D eigenvalue weighted by Gasteiger charge is -2.47. The molecule has 0 radical (unpaired) electrons. The minimum Gasteiger partial charge on any atom is -0.543 e. The normalized spacial score (nSPS) is 36.7. The minimum absolute atomic E-state index is 0.0504. The molecule has 6 atom stereocenters. The first-order chi connectivity index (χ1) is 13.5. The third kappa shape index (κ3) is 3.37. The third-order valence-corrected chi connectivity index (χ3v) is 8.32. The van der Waals surface area contributed by atoms with Crippen LogP contribution in [0.25, 0.3) is 0 Å². The second-order valence-electron chi connectivity index (χ2n) is 9.49. The number of fused-ring (bicyclic) bond motifs is 1. The number of carbonyl (C=O) groups excluding carboxylic acids is 3. The van der Waals surface area contributed by atoms with E-state index >= 15 is 0 Å². The lowest BCUT2D eigenvalue weighted by atomic mass is 9.79. The van der Waals surface area contributed by atoms with Crippen LogP contribution in [0.15, 0.2) is 10.6 Å². The predicted molar refractivity (Wildman–Crippen MR) is 105 cm³/mol. The molecule has 0 aromatic rings. The molecular formula is C20H29N3O5S. The number of aliphatic carboxylic acids is 1. The Hall–Kier alpha value is -1.58. The number of carboxylic acids is 1. The molecule has 29 heavy (non-hydrogen) atoms. The van der Waals surface area contributed by atoms with Gasteiger partial charge in [-0.3, -0.25) is 9.59 Å². The number of amides is 2. The van der Waals surface area contributed by atoms with E-state index in [2.05, 4.69) is 5.32 Å². The predicted octanol–water partition coefficient (Wildman–Crippen LogP) is -0.965. The van der Waals surface area contributed by atoms with E-state index in [1.54, 1.807) is 6.92 Å². The van der Waals surface area contributed by atoms with Gasteiger partial charge >= 0.3 is 0 Å². The SMILES string of the molecule is CC(O)C1C(=O)N2C(C(=O)[O-])=C(SC3CC(C(=O)NC4CC4)[N+](C)(C)C3)C(C)[C@H]12. The van der Waals surface area contributed by atoms with Crippen LogP contribution in [-0.2, 0) is 14.4 Å². The van der Waals surface area contributed by atoms with E-state index in [0.717, 1.165) is 19.4 Å². The van der Waals surface area contributed by atoms with Crippen molar-refractivity contribution >= 4 is 29.5 Å². The third-order valence-electron chi connectivity index (χ3n) is 6.83. The second-order valence-corrected chi connectivity index (χ2v) is 10.8. The van der Waals surface area contributed by atoms with Gasteiger partial charge in [0.05, 0.1) is 55.6 Å². The molecule has 4 rings (SSSR count). The van der Waals surface area contributed by atoms with E-state index in [1.807, 2.05) is 21.0 Å². The van der Waals surface area contributed by atoms with Crippen molar-refractivity contribution in [1.82, 2.24) is 10.2 Å². The number of rotatable bonds is 6. The molecule has 2 amide bonds. The number of carboxylic acid groups (broad SMARTS) is 1. The molecule has 2 saturated heterocycles. The Morgan fingerprint density at radius 3 is 2.55 bits per heavy atom. The van der Waals surface area contributed by atoms with Crippen LogP contribution >= 0.6 is 11.8 Å². The first-order valence-corrected chi connectivity index (χ1v) is 11.2. The number of hydrogen-bond acceptors (Lipinski definition) is 6. The number of quaternary nitrogens is 1. The summed E-state index contributed by atoms with van der Waals surface area (Å²) in [6, 6.07) is -0.195. The molecule has 3 aliphatic heterocycles. The quantitative estimate of drug-likeness (QED) is 0.420. The second kappa shape index (κ2) is 6.99. The van der Waals surface area contributed by atoms with E-state index in [4.69, 9.17) is 0 Å². The van der Waals surface area contributed by atoms with E-state index in [0.29, 0.717) is 21.9 Å². The van der Waals surface area contributed by atoms with Crippen LogP contribution in [-0.4, -0.2) is 82.4 Å². The van der Waals surface area contributed by atoms with Crippen molar-refractivity contribution in [3.63, 3.8) is 0 Å². The number of aliphatic hydroxyl groups is 1. The van der Waals surface area contributed by atoms with Crippen molar-refractivity contribution in [3.05, 3.63) is 10.6 Å². The summed E-state index contributed by atoms with van der Waals surface area (Å²) >= 11 is 1.47. The molecule has 1 saturated carbocycles. The monoisotopic (exact) mass is 423 g/mol. The highest BCUT2D eigenvalue weighted by Gasteiger charge is 2.59. The standard InChI is InChI=1S/C20H29N3O5S/c1-9-15-14(10(2)24)19(26)22(15)16(20(27)28)17(9)29-12-7-13(23(3,4)8-12)18(25)21-11-5-6-11/h9-15,24H,5-8H2,1-4H3,(H-,21,25,27,28)/t9?,10?,12?,13?,14?,15-/m1/s1. The number of hydrogen-bond donors (Lipinski definition) is 2. The maximum Gasteiger partial charge on any atom is 0.278 e. The van der Waals surface area contributed by atoms with Gasteiger partial charge in [-0.05, 0) is 19.8 Å². The summed E-state index contributed by atoms with van der Waals surface area (Å²) < 4.78 is 0.556. The number of nitrogens with one attached hydrogen (secondary N) is 1. The molecule has 2 N–H and O–H groups in total. The summed E-state index contributed by atoms with van der Waals surface area (Å²) in [4.78, 5) is 38.9. The zero-order valence-electron chi connectivity index (χ0n) is 17.3. The largest absolute Gasteiger partial charge is 0.543 e. The van der Waals surface area contributed by atoms with Crippen LogP contribution in [0.5, 0.6) is 0 Å². The van der Waals surface area contributed by atoms with Crippen LogP contribution in [0.3, 0.4) is 0 Å². The van der Waals surface area contributed by atoms with Crippen molar-refractivity contribution < 1.29 is 29.1 Å². The minimum atomic E-state index is -1.35. The molecule has 160 valence electrons. The smallest absolute Gasteiger partial charge is 0.278 e. The van der Waals surface area contributed by atoms with Gasteiger partial charge in [-0.25, -0.2) is 0 Å². The van der Waals surface area contributed by atoms with Crippen LogP contribution in [0.2, 0.25) is 0 Å². The van der Waals surface area contributed by atoms with Gasteiger partial charge in [0.25, 0.3) is 5.91 Å². The van der Waals surface area contributed by atoms with Gasteiger partial charge < -0.3 is 29.7 Å². The highest BCUT2D eigenvalue weighted by atomic mass is 32.2. The Bertz CT molecular complexity index is 791. The molecule has 5 unspecified atom stereocenters. The van der Waals surface area contributed by atoms with Gasteiger partial charge in [0, 0.05) is 23.3 Å². The topological polar surface area (TPSA) is 110 Å². The molecule has 0 spiro atoms. The number of likely N-dealkylation sites (N-methyl/N-ethyl adjacent to an activating group) is 1. The molecule has 3 fully saturated rings. The fourth-order valence-corrected chi connectivity index (χ4v) is 6.89. The van der Waals surface area contributed by atoms with Crippen molar-refractivity contribution in [2.45, 2.75) is 62.6 Å². The molecule has 8 nitrogen and oxygen atoms in total. The first-order valence-electron chi connectivity index (χ1n) is 10.3. The van der Waals surface area contributed by atoms with Crippen molar-refractivity contribution in [1.29, 1.82) is 0 Å². The molecule has 1 aliphatic carbocycles. The molecule has 0 aromatic carbocycles. The number of likely N-dealkylation sites (tertiary alicyclic amines) is 1. The average Bonchev–Trinajstić information content (AvgIpc) is 3.30. The first kappa shape index (κ1) is 20.7. The van der Waals surface area contributed by atoms with Crippen molar-refractivity contribution in [2.75, 3.05) is 20.6 Å². The maximum atomic E-state index is 12.7. The maximum absolute atomic E-state index is 12.7. The molecule has 0 bridgehead atoms. The van der Waals surface area contributed by atoms with Crippen LogP contribution in [0.1, 0.15) is 33.1 Å². The Balaban J connectivity index is 1.53. The summed E-state index contributed by atoms with van der Waals surface area (Å²) in [6.45, 7) is 4.21. The zero-order valence-corrected chi connectivity index (χ0v) is 18.1. The van der Waals surface area contributed by atoms with Crippen molar-refractivity contribution in [3.8, 4) is 0 Å². The lowest BCUT2D eigenvalue weighted by Crippen LogP contribution is -2.64. The number of aliphatic hydroxyl groups excluding tert-OH is 1. The van der Waals surface area contributed by atoms with Gasteiger partial charge in [-0.15, -0.1) is 11.8 Å². The van der Waals surface area contributed by atoms with E-state index in [1.165, 1.54) is 16.7 Å². The molecule has 9 heteroatoms. The Kier molecular flexibility index (Phi) is 4.99. The Labute approximate surface area is 174 Å². The zero-order chi connectivity index (χ0) is 21.2. The number of carbonyl (C=O) groups is 3. The van der Waals surface area contributed by atoms with E-state index < -0.39 is 18.0 Å². The van der Waals surface area contributed by atoms with Crippen LogP contribution in [0.4, 0.5) is 0 Å². The fraction of sp³-hybridized carbons (Fsp3) is 0.750. The number of thioether (sulfide) groups is 1. The van der Waals surface area contributed by atoms with E-state index in [9.17, 15) is 24.6 Å². The Morgan fingerprint density at radius 2 is 2.00 bits per heavy atom. The highest BCUT2D eigenvalue weighted by molar-refractivity contribution is 8.03. The van der Waals surface area contributed by atoms with Crippen LogP contribution in [0, 0.1) is 11.8 Å². The number of β-lactam (4-membered cyclic amide) rings is 1. The molecule has 3 heterocycles. The highest BCUT2D eigenvalue weighted by Crippen LogP contribution is 2.52. The summed E-state index contributed by atoms with van der Waals surface area (Å²) in [7, 11) is 4.06. The molecule has 0 aromatic heterocycles. The molecular weight excluding hydrogens is 394 g/mol. The van der Waals surface area contributed by atoms with Gasteiger partial charge in [-0.1, -0.05) is 6.92 Å². The Morgan fingerprint density at radius 1 is 1.34 bits per heavy atom. The summed E-state index contributed by atoms with van der Waals surface area (Å²) in [5, 5.41) is 25.0. The van der Waals surface area contributed by atoms with Crippen molar-refractivity contribution in [2.24, 2.45) is 11.8 Å². The summed E-state index contributed by atoms with van der Waals surface area (Å²) in [5.41, 5.74) is -0.0504. The van der Waals surface area contributed by atoms with Gasteiger partial charge in [0.1, 0.15) is 0 Å².